The molecule has 9 aromatic rings. The molecule has 2 aliphatic carbocycles. The van der Waals surface area contributed by atoms with Crippen LogP contribution < -0.4 is 4.90 Å². The Morgan fingerprint density at radius 2 is 0.981 bits per heavy atom. The Kier molecular flexibility index (Phi) is 6.66. The van der Waals surface area contributed by atoms with E-state index >= 15 is 0 Å². The van der Waals surface area contributed by atoms with Gasteiger partial charge >= 0.3 is 0 Å². The van der Waals surface area contributed by atoms with Crippen molar-refractivity contribution >= 4 is 38.6 Å². The number of nitrogens with zero attached hydrogens (tertiary/aromatic N) is 1. The minimum atomic E-state index is -0.112. The lowest BCUT2D eigenvalue weighted by Gasteiger charge is -2.36. The first-order valence-electron chi connectivity index (χ1n) is 18.9. The summed E-state index contributed by atoms with van der Waals surface area (Å²) in [6.45, 7) is 4.74. The number of rotatable bonds is 5. The van der Waals surface area contributed by atoms with Crippen molar-refractivity contribution in [1.29, 1.82) is 0 Å². The van der Waals surface area contributed by atoms with Crippen LogP contribution in [0.1, 0.15) is 25.0 Å². The third kappa shape index (κ3) is 4.52. The lowest BCUT2D eigenvalue weighted by atomic mass is 9.76. The van der Waals surface area contributed by atoms with E-state index in [0.29, 0.717) is 0 Å². The second-order valence-electron chi connectivity index (χ2n) is 15.3. The smallest absolute Gasteiger partial charge is 0.0625 e. The van der Waals surface area contributed by atoms with Crippen LogP contribution in [0.2, 0.25) is 0 Å². The summed E-state index contributed by atoms with van der Waals surface area (Å²) in [6, 6.07) is 69.6. The molecule has 0 saturated heterocycles. The molecule has 0 radical (unpaired) electrons. The average Bonchev–Trinajstić information content (AvgIpc) is 3.47. The van der Waals surface area contributed by atoms with Crippen molar-refractivity contribution in [2.75, 3.05) is 4.90 Å². The molecule has 254 valence electrons. The maximum absolute atomic E-state index is 2.57. The van der Waals surface area contributed by atoms with Crippen LogP contribution in [0.15, 0.2) is 188 Å². The number of hydrogen-bond donors (Lipinski definition) is 0. The van der Waals surface area contributed by atoms with Crippen molar-refractivity contribution in [3.63, 3.8) is 0 Å². The predicted octanol–water partition coefficient (Wildman–Crippen LogP) is 14.8. The van der Waals surface area contributed by atoms with Gasteiger partial charge in [-0.15, -0.1) is 0 Å². The summed E-state index contributed by atoms with van der Waals surface area (Å²) in [6.07, 6.45) is 0. The third-order valence-corrected chi connectivity index (χ3v) is 11.9. The van der Waals surface area contributed by atoms with E-state index in [-0.39, 0.29) is 5.41 Å². The summed E-state index contributed by atoms with van der Waals surface area (Å²) in [4.78, 5) is 2.57. The third-order valence-electron chi connectivity index (χ3n) is 11.9. The van der Waals surface area contributed by atoms with Gasteiger partial charge in [0.2, 0.25) is 0 Å². The fourth-order valence-electron chi connectivity index (χ4n) is 9.26. The van der Waals surface area contributed by atoms with Crippen molar-refractivity contribution in [2.24, 2.45) is 0 Å². The van der Waals surface area contributed by atoms with Gasteiger partial charge in [-0.1, -0.05) is 159 Å². The molecule has 0 aliphatic heterocycles. The minimum Gasteiger partial charge on any atom is -0.309 e. The fraction of sp³-hybridized carbons (Fsp3) is 0.0566. The summed E-state index contributed by atoms with van der Waals surface area (Å²) in [5, 5.41) is 5.02. The largest absolute Gasteiger partial charge is 0.309 e. The van der Waals surface area contributed by atoms with Gasteiger partial charge in [-0.2, -0.15) is 0 Å². The zero-order valence-electron chi connectivity index (χ0n) is 30.3. The van der Waals surface area contributed by atoms with E-state index in [9.17, 15) is 0 Å². The van der Waals surface area contributed by atoms with E-state index in [1.165, 1.54) is 99.7 Å². The Morgan fingerprint density at radius 1 is 0.370 bits per heavy atom. The Labute approximate surface area is 316 Å². The highest BCUT2D eigenvalue weighted by molar-refractivity contribution is 6.21. The molecule has 0 atom stereocenters. The van der Waals surface area contributed by atoms with Gasteiger partial charge in [0.05, 0.1) is 11.4 Å². The van der Waals surface area contributed by atoms with Crippen LogP contribution in [-0.4, -0.2) is 0 Å². The minimum absolute atomic E-state index is 0.112. The van der Waals surface area contributed by atoms with Crippen molar-refractivity contribution < 1.29 is 0 Å². The van der Waals surface area contributed by atoms with Gasteiger partial charge in [-0.25, -0.2) is 0 Å². The molecular formula is C53H37N. The van der Waals surface area contributed by atoms with Crippen LogP contribution >= 0.6 is 0 Å². The first-order valence-corrected chi connectivity index (χ1v) is 18.9. The van der Waals surface area contributed by atoms with Crippen LogP contribution in [0.25, 0.3) is 77.2 Å². The van der Waals surface area contributed by atoms with E-state index in [0.717, 1.165) is 5.69 Å². The lowest BCUT2D eigenvalue weighted by molar-refractivity contribution is 0.660. The molecule has 0 bridgehead atoms. The molecule has 0 N–H and O–H groups in total. The average molecular weight is 688 g/mol. The molecule has 0 unspecified atom stereocenters. The zero-order valence-corrected chi connectivity index (χ0v) is 30.3. The number of fused-ring (bicyclic) bond motifs is 9. The van der Waals surface area contributed by atoms with Gasteiger partial charge in [0, 0.05) is 27.6 Å². The van der Waals surface area contributed by atoms with Crippen LogP contribution in [-0.2, 0) is 5.41 Å². The second kappa shape index (κ2) is 11.7. The Bertz CT molecular complexity index is 2940. The summed E-state index contributed by atoms with van der Waals surface area (Å²) < 4.78 is 0. The van der Waals surface area contributed by atoms with E-state index < -0.39 is 0 Å². The van der Waals surface area contributed by atoms with Crippen molar-refractivity contribution in [3.05, 3.63) is 199 Å². The van der Waals surface area contributed by atoms with Gasteiger partial charge < -0.3 is 4.90 Å². The number of hydrogen-bond acceptors (Lipinski definition) is 1. The van der Waals surface area contributed by atoms with Gasteiger partial charge in [0.1, 0.15) is 0 Å². The quantitative estimate of drug-likeness (QED) is 0.174. The number of anilines is 3. The van der Waals surface area contributed by atoms with Crippen LogP contribution in [0.3, 0.4) is 0 Å². The first kappa shape index (κ1) is 30.9. The van der Waals surface area contributed by atoms with Crippen molar-refractivity contribution in [1.82, 2.24) is 0 Å². The van der Waals surface area contributed by atoms with Gasteiger partial charge in [-0.3, -0.25) is 0 Å². The molecule has 0 heterocycles. The van der Waals surface area contributed by atoms with Crippen molar-refractivity contribution in [2.45, 2.75) is 19.3 Å². The molecule has 0 saturated carbocycles. The zero-order chi connectivity index (χ0) is 36.0. The first-order chi connectivity index (χ1) is 26.5. The Balaban J connectivity index is 1.18. The van der Waals surface area contributed by atoms with Gasteiger partial charge in [-0.05, 0) is 114 Å². The molecule has 1 nitrogen and oxygen atoms in total. The molecule has 11 rings (SSSR count). The van der Waals surface area contributed by atoms with Crippen LogP contribution in [0, 0.1) is 0 Å². The highest BCUT2D eigenvalue weighted by Gasteiger charge is 2.39. The molecular weight excluding hydrogens is 651 g/mol. The standard InChI is InChI=1S/C53H37N/c1-53(2)47-21-12-11-20-43(47)51-48(53)22-13-23-49(51)54(41-28-26-36(27-29-41)34-14-5-3-6-15-34)52-42-19-10-9-18-39(42)32-46-44-33-40-30-37(35-16-7-4-8-17-35)24-25-38(40)31-45(44)50(46)52/h3-33H,1-2H3. The molecule has 0 spiro atoms. The maximum atomic E-state index is 2.57. The molecule has 0 amide bonds. The van der Waals surface area contributed by atoms with Crippen LogP contribution in [0.5, 0.6) is 0 Å². The maximum Gasteiger partial charge on any atom is 0.0625 e. The Morgan fingerprint density at radius 3 is 1.78 bits per heavy atom. The number of benzene rings is 9. The van der Waals surface area contributed by atoms with Crippen molar-refractivity contribution in [3.8, 4) is 55.6 Å². The molecule has 0 aromatic heterocycles. The SMILES string of the molecule is CC1(C)c2ccccc2-c2c(N(c3ccc(-c4ccccc4)cc3)c3c4c(cc5ccccc35)-c3cc5cc(-c6ccccc6)ccc5cc3-4)cccc21. The molecule has 2 aliphatic rings. The van der Waals surface area contributed by atoms with Gasteiger partial charge in [0.25, 0.3) is 0 Å². The van der Waals surface area contributed by atoms with Crippen LogP contribution in [0.4, 0.5) is 17.1 Å². The summed E-state index contributed by atoms with van der Waals surface area (Å²) >= 11 is 0. The van der Waals surface area contributed by atoms with E-state index in [2.05, 4.69) is 207 Å². The van der Waals surface area contributed by atoms with Gasteiger partial charge in [0.15, 0.2) is 0 Å². The van der Waals surface area contributed by atoms with E-state index in [4.69, 9.17) is 0 Å². The molecule has 1 heteroatoms. The van der Waals surface area contributed by atoms with E-state index in [1.54, 1.807) is 0 Å². The summed E-state index contributed by atoms with van der Waals surface area (Å²) in [7, 11) is 0. The fourth-order valence-corrected chi connectivity index (χ4v) is 9.26. The normalized spacial score (nSPS) is 13.1. The predicted molar refractivity (Wildman–Crippen MR) is 229 cm³/mol. The van der Waals surface area contributed by atoms with E-state index in [1.807, 2.05) is 0 Å². The highest BCUT2D eigenvalue weighted by Crippen LogP contribution is 2.60. The molecule has 9 aromatic carbocycles. The molecule has 54 heavy (non-hydrogen) atoms. The monoisotopic (exact) mass is 687 g/mol. The second-order valence-corrected chi connectivity index (χ2v) is 15.3. The summed E-state index contributed by atoms with van der Waals surface area (Å²) in [5.41, 5.74) is 19.0. The molecule has 0 fully saturated rings. The highest BCUT2D eigenvalue weighted by atomic mass is 15.2. The topological polar surface area (TPSA) is 3.24 Å². The lowest BCUT2D eigenvalue weighted by Crippen LogP contribution is -2.17. The summed E-state index contributed by atoms with van der Waals surface area (Å²) in [5.74, 6) is 0. The Hall–Kier alpha value is -6.70.